The summed E-state index contributed by atoms with van der Waals surface area (Å²) in [7, 11) is 0. The molecular formula is C16H15BrO3. The molecule has 0 spiro atoms. The quantitative estimate of drug-likeness (QED) is 0.598. The van der Waals surface area contributed by atoms with Crippen molar-refractivity contribution in [3.8, 4) is 5.75 Å². The molecule has 0 fully saturated rings. The van der Waals surface area contributed by atoms with E-state index in [1.54, 1.807) is 0 Å². The Hall–Kier alpha value is -1.81. The Morgan fingerprint density at radius 3 is 2.55 bits per heavy atom. The number of ether oxygens (including phenoxy) is 2. The summed E-state index contributed by atoms with van der Waals surface area (Å²) in [6.45, 7) is 0.592. The van der Waals surface area contributed by atoms with Crippen molar-refractivity contribution in [1.29, 1.82) is 0 Å². The molecule has 0 radical (unpaired) electrons. The summed E-state index contributed by atoms with van der Waals surface area (Å²) in [6.07, 6.45) is 0.289. The lowest BCUT2D eigenvalue weighted by atomic mass is 10.2. The summed E-state index contributed by atoms with van der Waals surface area (Å²) in [5.41, 5.74) is 0.949. The molecule has 2 aromatic carbocycles. The predicted molar refractivity (Wildman–Crippen MR) is 80.7 cm³/mol. The molecular weight excluding hydrogens is 320 g/mol. The topological polar surface area (TPSA) is 35.5 Å². The van der Waals surface area contributed by atoms with Gasteiger partial charge in [0.2, 0.25) is 0 Å². The molecule has 0 unspecified atom stereocenters. The smallest absolute Gasteiger partial charge is 0.310 e. The SMILES string of the molecule is O=C(Cc1ccccc1)OCCOc1cccc(Br)c1. The first kappa shape index (κ1) is 14.6. The molecule has 0 saturated heterocycles. The van der Waals surface area contributed by atoms with Gasteiger partial charge in [-0.2, -0.15) is 0 Å². The number of rotatable bonds is 6. The first-order chi connectivity index (χ1) is 9.74. The maximum Gasteiger partial charge on any atom is 0.310 e. The van der Waals surface area contributed by atoms with E-state index in [1.807, 2.05) is 54.6 Å². The fraction of sp³-hybridized carbons (Fsp3) is 0.188. The van der Waals surface area contributed by atoms with Gasteiger partial charge < -0.3 is 9.47 Å². The summed E-state index contributed by atoms with van der Waals surface area (Å²) < 4.78 is 11.6. The second kappa shape index (κ2) is 7.70. The van der Waals surface area contributed by atoms with E-state index < -0.39 is 0 Å². The van der Waals surface area contributed by atoms with E-state index in [4.69, 9.17) is 9.47 Å². The zero-order valence-corrected chi connectivity index (χ0v) is 12.5. The summed E-state index contributed by atoms with van der Waals surface area (Å²) in [5, 5.41) is 0. The molecule has 0 saturated carbocycles. The van der Waals surface area contributed by atoms with Crippen molar-refractivity contribution in [1.82, 2.24) is 0 Å². The fourth-order valence-electron chi connectivity index (χ4n) is 1.69. The molecule has 104 valence electrons. The molecule has 4 heteroatoms. The summed E-state index contributed by atoms with van der Waals surface area (Å²) >= 11 is 3.37. The standard InChI is InChI=1S/C16H15BrO3/c17-14-7-4-8-15(12-14)19-9-10-20-16(18)11-13-5-2-1-3-6-13/h1-8,12H,9-11H2. The minimum Gasteiger partial charge on any atom is -0.490 e. The largest absolute Gasteiger partial charge is 0.490 e. The summed E-state index contributed by atoms with van der Waals surface area (Å²) in [4.78, 5) is 11.6. The number of benzene rings is 2. The van der Waals surface area contributed by atoms with Crippen LogP contribution in [0.3, 0.4) is 0 Å². The molecule has 0 aliphatic heterocycles. The highest BCUT2D eigenvalue weighted by Gasteiger charge is 2.04. The molecule has 0 aliphatic carbocycles. The van der Waals surface area contributed by atoms with Gasteiger partial charge in [-0.25, -0.2) is 0 Å². The second-order valence-corrected chi connectivity index (χ2v) is 5.10. The van der Waals surface area contributed by atoms with E-state index in [0.717, 1.165) is 15.8 Å². The van der Waals surface area contributed by atoms with Gasteiger partial charge in [-0.15, -0.1) is 0 Å². The zero-order valence-electron chi connectivity index (χ0n) is 10.9. The molecule has 20 heavy (non-hydrogen) atoms. The van der Waals surface area contributed by atoms with E-state index >= 15 is 0 Å². The highest BCUT2D eigenvalue weighted by Crippen LogP contribution is 2.17. The molecule has 0 amide bonds. The Balaban J connectivity index is 1.67. The van der Waals surface area contributed by atoms with E-state index in [9.17, 15) is 4.79 Å². The molecule has 0 heterocycles. The van der Waals surface area contributed by atoms with Crippen molar-refractivity contribution in [2.24, 2.45) is 0 Å². The normalized spacial score (nSPS) is 10.1. The molecule has 0 atom stereocenters. The Labute approximate surface area is 126 Å². The van der Waals surface area contributed by atoms with Gasteiger partial charge in [0.1, 0.15) is 19.0 Å². The number of carbonyl (C=O) groups excluding carboxylic acids is 1. The predicted octanol–water partition coefficient (Wildman–Crippen LogP) is 3.61. The van der Waals surface area contributed by atoms with Crippen LogP contribution in [-0.4, -0.2) is 19.2 Å². The van der Waals surface area contributed by atoms with Crippen LogP contribution in [0, 0.1) is 0 Å². The maximum absolute atomic E-state index is 11.6. The minimum atomic E-state index is -0.242. The van der Waals surface area contributed by atoms with Crippen LogP contribution in [0.15, 0.2) is 59.1 Å². The Bertz CT molecular complexity index is 555. The molecule has 3 nitrogen and oxygen atoms in total. The van der Waals surface area contributed by atoms with Crippen molar-refractivity contribution in [3.63, 3.8) is 0 Å². The highest BCUT2D eigenvalue weighted by atomic mass is 79.9. The maximum atomic E-state index is 11.6. The zero-order chi connectivity index (χ0) is 14.2. The average molecular weight is 335 g/mol. The van der Waals surface area contributed by atoms with Gasteiger partial charge in [0, 0.05) is 4.47 Å². The first-order valence-corrected chi connectivity index (χ1v) is 7.11. The van der Waals surface area contributed by atoms with Gasteiger partial charge in [-0.1, -0.05) is 52.3 Å². The van der Waals surface area contributed by atoms with Crippen molar-refractivity contribution in [3.05, 3.63) is 64.6 Å². The Morgan fingerprint density at radius 2 is 1.80 bits per heavy atom. The lowest BCUT2D eigenvalue weighted by molar-refractivity contribution is -0.143. The molecule has 2 rings (SSSR count). The molecule has 0 aromatic heterocycles. The molecule has 2 aromatic rings. The van der Waals surface area contributed by atoms with Crippen molar-refractivity contribution < 1.29 is 14.3 Å². The number of esters is 1. The van der Waals surface area contributed by atoms with Crippen LogP contribution in [0.5, 0.6) is 5.75 Å². The van der Waals surface area contributed by atoms with E-state index in [2.05, 4.69) is 15.9 Å². The van der Waals surface area contributed by atoms with Crippen LogP contribution in [0.2, 0.25) is 0 Å². The lowest BCUT2D eigenvalue weighted by Gasteiger charge is -2.07. The van der Waals surface area contributed by atoms with Crippen LogP contribution in [0.25, 0.3) is 0 Å². The summed E-state index contributed by atoms with van der Waals surface area (Å²) in [6, 6.07) is 17.1. The van der Waals surface area contributed by atoms with Crippen LogP contribution in [0.4, 0.5) is 0 Å². The van der Waals surface area contributed by atoms with E-state index in [0.29, 0.717) is 6.61 Å². The highest BCUT2D eigenvalue weighted by molar-refractivity contribution is 9.10. The third-order valence-corrected chi connectivity index (χ3v) is 3.10. The van der Waals surface area contributed by atoms with Gasteiger partial charge in [-0.3, -0.25) is 4.79 Å². The van der Waals surface area contributed by atoms with Crippen molar-refractivity contribution >= 4 is 21.9 Å². The third-order valence-electron chi connectivity index (χ3n) is 2.60. The van der Waals surface area contributed by atoms with Crippen LogP contribution in [-0.2, 0) is 16.0 Å². The minimum absolute atomic E-state index is 0.242. The lowest BCUT2D eigenvalue weighted by Crippen LogP contribution is -2.13. The number of halogens is 1. The van der Waals surface area contributed by atoms with Gasteiger partial charge in [0.05, 0.1) is 6.42 Å². The summed E-state index contributed by atoms with van der Waals surface area (Å²) in [5.74, 6) is 0.507. The Kier molecular flexibility index (Phi) is 5.62. The molecule has 0 aliphatic rings. The van der Waals surface area contributed by atoms with Crippen LogP contribution in [0.1, 0.15) is 5.56 Å². The van der Waals surface area contributed by atoms with Crippen molar-refractivity contribution in [2.75, 3.05) is 13.2 Å². The molecule has 0 N–H and O–H groups in total. The van der Waals surface area contributed by atoms with E-state index in [-0.39, 0.29) is 19.0 Å². The first-order valence-electron chi connectivity index (χ1n) is 6.32. The number of hydrogen-bond acceptors (Lipinski definition) is 3. The Morgan fingerprint density at radius 1 is 1.00 bits per heavy atom. The fourth-order valence-corrected chi connectivity index (χ4v) is 2.06. The van der Waals surface area contributed by atoms with E-state index in [1.165, 1.54) is 0 Å². The van der Waals surface area contributed by atoms with Gasteiger partial charge in [0.15, 0.2) is 0 Å². The average Bonchev–Trinajstić information content (AvgIpc) is 2.45. The third kappa shape index (κ3) is 5.05. The second-order valence-electron chi connectivity index (χ2n) is 4.19. The van der Waals surface area contributed by atoms with Crippen LogP contribution < -0.4 is 4.74 Å². The van der Waals surface area contributed by atoms with Gasteiger partial charge in [-0.05, 0) is 23.8 Å². The van der Waals surface area contributed by atoms with Crippen LogP contribution >= 0.6 is 15.9 Å². The number of hydrogen-bond donors (Lipinski definition) is 0. The van der Waals surface area contributed by atoms with Gasteiger partial charge >= 0.3 is 5.97 Å². The molecule has 0 bridgehead atoms. The van der Waals surface area contributed by atoms with Crippen molar-refractivity contribution in [2.45, 2.75) is 6.42 Å². The van der Waals surface area contributed by atoms with Gasteiger partial charge in [0.25, 0.3) is 0 Å². The monoisotopic (exact) mass is 334 g/mol. The number of carbonyl (C=O) groups is 1.